The van der Waals surface area contributed by atoms with Gasteiger partial charge in [0.25, 0.3) is 11.8 Å². The summed E-state index contributed by atoms with van der Waals surface area (Å²) in [5.41, 5.74) is 0.873. The van der Waals surface area contributed by atoms with E-state index in [2.05, 4.69) is 11.8 Å². The average molecular weight is 325 g/mol. The van der Waals surface area contributed by atoms with Gasteiger partial charge in [-0.1, -0.05) is 30.0 Å². The van der Waals surface area contributed by atoms with Gasteiger partial charge in [-0.2, -0.15) is 0 Å². The summed E-state index contributed by atoms with van der Waals surface area (Å²) < 4.78 is 0. The summed E-state index contributed by atoms with van der Waals surface area (Å²) in [6.07, 6.45) is 0.148. The van der Waals surface area contributed by atoms with Crippen LogP contribution in [0.3, 0.4) is 0 Å². The molecular weight excluding hydrogens is 314 g/mol. The zero-order valence-corrected chi connectivity index (χ0v) is 12.8. The molecule has 0 N–H and O–H groups in total. The van der Waals surface area contributed by atoms with Crippen LogP contribution in [0.5, 0.6) is 0 Å². The van der Waals surface area contributed by atoms with Gasteiger partial charge in [-0.3, -0.25) is 9.59 Å². The molecule has 0 bridgehead atoms. The Labute approximate surface area is 136 Å². The Kier molecular flexibility index (Phi) is 4.22. The van der Waals surface area contributed by atoms with Crippen molar-refractivity contribution in [2.75, 3.05) is 0 Å². The number of imide groups is 1. The third-order valence-corrected chi connectivity index (χ3v) is 4.07. The van der Waals surface area contributed by atoms with Crippen molar-refractivity contribution in [2.24, 2.45) is 0 Å². The van der Waals surface area contributed by atoms with Crippen molar-refractivity contribution < 1.29 is 19.2 Å². The van der Waals surface area contributed by atoms with Crippen LogP contribution in [0.2, 0.25) is 0 Å². The highest BCUT2D eigenvalue weighted by atomic mass is 32.1. The molecule has 2 aromatic rings. The molecule has 5 nitrogen and oxygen atoms in total. The molecule has 1 saturated heterocycles. The quantitative estimate of drug-likeness (QED) is 0.628. The maximum absolute atomic E-state index is 12.0. The Balaban J connectivity index is 1.70. The number of carbonyl (C=O) groups excluding carboxylic acids is 3. The van der Waals surface area contributed by atoms with E-state index >= 15 is 0 Å². The first kappa shape index (κ1) is 15.0. The molecule has 0 saturated carbocycles. The molecular formula is C17H11NO4S. The van der Waals surface area contributed by atoms with Gasteiger partial charge < -0.3 is 4.84 Å². The predicted octanol–water partition coefficient (Wildman–Crippen LogP) is 2.37. The summed E-state index contributed by atoms with van der Waals surface area (Å²) >= 11 is 1.15. The number of nitrogens with zero attached hydrogens (tertiary/aromatic N) is 1. The first-order valence-corrected chi connectivity index (χ1v) is 7.70. The minimum atomic E-state index is -0.730. The van der Waals surface area contributed by atoms with E-state index < -0.39 is 17.8 Å². The molecule has 0 radical (unpaired) electrons. The molecule has 1 aromatic carbocycles. The van der Waals surface area contributed by atoms with Crippen molar-refractivity contribution in [1.29, 1.82) is 0 Å². The minimum absolute atomic E-state index is 0.0738. The Morgan fingerprint density at radius 3 is 2.39 bits per heavy atom. The van der Waals surface area contributed by atoms with Crippen LogP contribution in [-0.2, 0) is 14.4 Å². The van der Waals surface area contributed by atoms with Crippen molar-refractivity contribution in [3.8, 4) is 11.8 Å². The van der Waals surface area contributed by atoms with E-state index in [1.54, 1.807) is 12.1 Å². The maximum atomic E-state index is 12.0. The largest absolute Gasteiger partial charge is 0.373 e. The lowest BCUT2D eigenvalue weighted by Crippen LogP contribution is -2.31. The highest BCUT2D eigenvalue weighted by molar-refractivity contribution is 7.14. The fourth-order valence-electron chi connectivity index (χ4n) is 1.96. The van der Waals surface area contributed by atoms with Gasteiger partial charge in [0.15, 0.2) is 0 Å². The van der Waals surface area contributed by atoms with Crippen molar-refractivity contribution in [3.63, 3.8) is 0 Å². The van der Waals surface area contributed by atoms with Crippen LogP contribution >= 0.6 is 11.3 Å². The number of rotatable bonds is 2. The standard InChI is InChI=1S/C17H11NO4S/c19-15-10-11-16(20)18(15)22-17(21)14-9-8-13(23-14)7-6-12-4-2-1-3-5-12/h1-5,8-9H,10-11H2. The van der Waals surface area contributed by atoms with E-state index in [0.717, 1.165) is 16.9 Å². The summed E-state index contributed by atoms with van der Waals surface area (Å²) in [6.45, 7) is 0. The third-order valence-electron chi connectivity index (χ3n) is 3.09. The molecule has 0 unspecified atom stereocenters. The first-order chi connectivity index (χ1) is 11.1. The summed E-state index contributed by atoms with van der Waals surface area (Å²) in [4.78, 5) is 40.7. The second-order valence-electron chi connectivity index (χ2n) is 4.74. The molecule has 2 heterocycles. The molecule has 2 amide bonds. The van der Waals surface area contributed by atoms with Crippen LogP contribution in [0.25, 0.3) is 0 Å². The second-order valence-corrected chi connectivity index (χ2v) is 5.82. The monoisotopic (exact) mass is 325 g/mol. The van der Waals surface area contributed by atoms with E-state index in [9.17, 15) is 14.4 Å². The van der Waals surface area contributed by atoms with Gasteiger partial charge in [0.2, 0.25) is 0 Å². The summed E-state index contributed by atoms with van der Waals surface area (Å²) in [6, 6.07) is 12.7. The lowest BCUT2D eigenvalue weighted by molar-refractivity contribution is -0.172. The topological polar surface area (TPSA) is 63.7 Å². The summed E-state index contributed by atoms with van der Waals surface area (Å²) in [5.74, 6) is 4.23. The fourth-order valence-corrected chi connectivity index (χ4v) is 2.69. The van der Waals surface area contributed by atoms with Crippen LogP contribution in [0.15, 0.2) is 42.5 Å². The van der Waals surface area contributed by atoms with Crippen LogP contribution in [0.4, 0.5) is 0 Å². The highest BCUT2D eigenvalue weighted by Crippen LogP contribution is 2.19. The number of hydrogen-bond donors (Lipinski definition) is 0. The molecule has 1 aromatic heterocycles. The normalized spacial score (nSPS) is 13.7. The van der Waals surface area contributed by atoms with E-state index in [-0.39, 0.29) is 17.7 Å². The van der Waals surface area contributed by atoms with E-state index in [4.69, 9.17) is 4.84 Å². The van der Waals surface area contributed by atoms with Crippen molar-refractivity contribution in [2.45, 2.75) is 12.8 Å². The zero-order chi connectivity index (χ0) is 16.2. The molecule has 114 valence electrons. The lowest BCUT2D eigenvalue weighted by Gasteiger charge is -2.11. The molecule has 6 heteroatoms. The Morgan fingerprint density at radius 2 is 1.70 bits per heavy atom. The highest BCUT2D eigenvalue weighted by Gasteiger charge is 2.33. The fraction of sp³-hybridized carbons (Fsp3) is 0.118. The van der Waals surface area contributed by atoms with Gasteiger partial charge in [-0.25, -0.2) is 4.79 Å². The third kappa shape index (κ3) is 3.47. The van der Waals surface area contributed by atoms with Crippen LogP contribution in [0, 0.1) is 11.8 Å². The maximum Gasteiger partial charge on any atom is 0.373 e. The number of benzene rings is 1. The zero-order valence-electron chi connectivity index (χ0n) is 11.9. The Hall–Kier alpha value is -2.91. The summed E-state index contributed by atoms with van der Waals surface area (Å²) in [7, 11) is 0. The molecule has 0 spiro atoms. The molecule has 1 aliphatic heterocycles. The van der Waals surface area contributed by atoms with Crippen LogP contribution in [0.1, 0.15) is 33.0 Å². The first-order valence-electron chi connectivity index (χ1n) is 6.88. The van der Waals surface area contributed by atoms with E-state index in [1.165, 1.54) is 0 Å². The molecule has 3 rings (SSSR count). The average Bonchev–Trinajstić information content (AvgIpc) is 3.16. The number of amides is 2. The predicted molar refractivity (Wildman–Crippen MR) is 83.2 cm³/mol. The lowest BCUT2D eigenvalue weighted by atomic mass is 10.2. The van der Waals surface area contributed by atoms with Gasteiger partial charge >= 0.3 is 5.97 Å². The molecule has 23 heavy (non-hydrogen) atoms. The van der Waals surface area contributed by atoms with Gasteiger partial charge in [-0.05, 0) is 24.3 Å². The Bertz CT molecular complexity index is 813. The van der Waals surface area contributed by atoms with Gasteiger partial charge in [-0.15, -0.1) is 16.4 Å². The second kappa shape index (κ2) is 6.46. The molecule has 1 fully saturated rings. The van der Waals surface area contributed by atoms with Gasteiger partial charge in [0, 0.05) is 18.4 Å². The van der Waals surface area contributed by atoms with Gasteiger partial charge in [0.1, 0.15) is 4.88 Å². The van der Waals surface area contributed by atoms with E-state index in [0.29, 0.717) is 9.94 Å². The molecule has 0 aliphatic carbocycles. The van der Waals surface area contributed by atoms with Crippen molar-refractivity contribution in [3.05, 3.63) is 57.8 Å². The number of hydroxylamine groups is 2. The molecule has 0 atom stereocenters. The van der Waals surface area contributed by atoms with Crippen molar-refractivity contribution in [1.82, 2.24) is 5.06 Å². The van der Waals surface area contributed by atoms with Crippen molar-refractivity contribution >= 4 is 29.1 Å². The Morgan fingerprint density at radius 1 is 1.00 bits per heavy atom. The number of carbonyl (C=O) groups is 3. The van der Waals surface area contributed by atoms with Crippen LogP contribution in [-0.4, -0.2) is 22.8 Å². The molecule has 1 aliphatic rings. The summed E-state index contributed by atoms with van der Waals surface area (Å²) in [5, 5.41) is 0.539. The van der Waals surface area contributed by atoms with E-state index in [1.807, 2.05) is 30.3 Å². The number of hydrogen-bond acceptors (Lipinski definition) is 5. The number of thiophene rings is 1. The van der Waals surface area contributed by atoms with Gasteiger partial charge in [0.05, 0.1) is 4.88 Å². The minimum Gasteiger partial charge on any atom is -0.324 e. The smallest absolute Gasteiger partial charge is 0.324 e. The van der Waals surface area contributed by atoms with Crippen LogP contribution < -0.4 is 0 Å². The SMILES string of the molecule is O=C(ON1C(=O)CCC1=O)c1ccc(C#Cc2ccccc2)s1.